The van der Waals surface area contributed by atoms with E-state index < -0.39 is 66.8 Å². The number of nitrogens with one attached hydrogen (secondary N) is 2. The van der Waals surface area contributed by atoms with Gasteiger partial charge in [-0.15, -0.1) is 0 Å². The predicted octanol–water partition coefficient (Wildman–Crippen LogP) is 0.294. The summed E-state index contributed by atoms with van der Waals surface area (Å²) in [6.45, 7) is 2.54. The van der Waals surface area contributed by atoms with Crippen molar-refractivity contribution in [2.45, 2.75) is 51.6 Å². The van der Waals surface area contributed by atoms with E-state index in [1.807, 2.05) is 0 Å². The van der Waals surface area contributed by atoms with Gasteiger partial charge in [-0.2, -0.15) is 0 Å². The minimum Gasteiger partial charge on any atom is -0.481 e. The second-order valence-electron chi connectivity index (χ2n) is 9.28. The third-order valence-corrected chi connectivity index (χ3v) is 6.50. The molecular formula is C25H31N5O10. The number of hydrazine groups is 2. The Labute approximate surface area is 229 Å². The summed E-state index contributed by atoms with van der Waals surface area (Å²) in [5, 5.41) is 14.5. The lowest BCUT2D eigenvalue weighted by molar-refractivity contribution is -0.155. The maximum atomic E-state index is 13.3. The van der Waals surface area contributed by atoms with Gasteiger partial charge in [0.05, 0.1) is 25.6 Å². The van der Waals surface area contributed by atoms with E-state index >= 15 is 0 Å². The number of urea groups is 1. The maximum Gasteiger partial charge on any atom is 0.425 e. The molecule has 2 atom stereocenters. The summed E-state index contributed by atoms with van der Waals surface area (Å²) in [5.74, 6) is -4.43. The van der Waals surface area contributed by atoms with Crippen molar-refractivity contribution in [2.75, 3.05) is 26.8 Å². The highest BCUT2D eigenvalue weighted by molar-refractivity contribution is 5.98. The summed E-state index contributed by atoms with van der Waals surface area (Å²) in [6, 6.07) is 1.37. The van der Waals surface area contributed by atoms with Gasteiger partial charge in [-0.05, 0) is 37.8 Å². The first-order valence-electron chi connectivity index (χ1n) is 12.5. The Kier molecular flexibility index (Phi) is 9.63. The van der Waals surface area contributed by atoms with Crippen LogP contribution in [0.1, 0.15) is 47.2 Å². The fourth-order valence-corrected chi connectivity index (χ4v) is 4.51. The zero-order valence-corrected chi connectivity index (χ0v) is 22.3. The zero-order chi connectivity index (χ0) is 29.6. The van der Waals surface area contributed by atoms with Gasteiger partial charge >= 0.3 is 24.1 Å². The molecule has 2 saturated heterocycles. The molecule has 0 aliphatic carbocycles. The first-order chi connectivity index (χ1) is 18.9. The van der Waals surface area contributed by atoms with E-state index in [2.05, 4.69) is 15.5 Å². The molecule has 3 rings (SSSR count). The molecule has 1 aromatic carbocycles. The van der Waals surface area contributed by atoms with E-state index in [0.29, 0.717) is 17.5 Å². The van der Waals surface area contributed by atoms with E-state index in [-0.39, 0.29) is 31.5 Å². The summed E-state index contributed by atoms with van der Waals surface area (Å²) in [7, 11) is 1.09. The molecule has 5 amide bonds. The van der Waals surface area contributed by atoms with Crippen molar-refractivity contribution in [1.29, 1.82) is 0 Å². The van der Waals surface area contributed by atoms with Gasteiger partial charge in [0.25, 0.3) is 0 Å². The number of hydrogen-bond acceptors (Lipinski definition) is 9. The molecule has 2 fully saturated rings. The third kappa shape index (κ3) is 6.84. The molecule has 0 bridgehead atoms. The predicted molar refractivity (Wildman–Crippen MR) is 134 cm³/mol. The average Bonchev–Trinajstić information content (AvgIpc) is 3.02. The van der Waals surface area contributed by atoms with Crippen LogP contribution in [0.2, 0.25) is 0 Å². The molecule has 40 heavy (non-hydrogen) atoms. The molecule has 2 heterocycles. The first-order valence-corrected chi connectivity index (χ1v) is 12.5. The van der Waals surface area contributed by atoms with E-state index in [0.717, 1.165) is 22.1 Å². The number of benzene rings is 1. The Morgan fingerprint density at radius 3 is 2.40 bits per heavy atom. The number of nitrogens with zero attached hydrogens (tertiary/aromatic N) is 3. The van der Waals surface area contributed by atoms with E-state index in [1.165, 1.54) is 0 Å². The van der Waals surface area contributed by atoms with Crippen LogP contribution in [0.4, 0.5) is 9.59 Å². The van der Waals surface area contributed by atoms with Gasteiger partial charge in [0.15, 0.2) is 12.4 Å². The highest BCUT2D eigenvalue weighted by atomic mass is 16.5. The molecule has 216 valence electrons. The summed E-state index contributed by atoms with van der Waals surface area (Å²) in [5.41, 5.74) is 3.72. The van der Waals surface area contributed by atoms with Gasteiger partial charge in [0.1, 0.15) is 12.1 Å². The number of carbonyl (C=O) groups excluding carboxylic acids is 6. The van der Waals surface area contributed by atoms with Crippen molar-refractivity contribution >= 4 is 41.7 Å². The van der Waals surface area contributed by atoms with Crippen LogP contribution in [0, 0.1) is 13.8 Å². The van der Waals surface area contributed by atoms with Crippen molar-refractivity contribution < 1.29 is 48.1 Å². The van der Waals surface area contributed by atoms with Gasteiger partial charge in [-0.1, -0.05) is 18.2 Å². The van der Waals surface area contributed by atoms with Crippen LogP contribution in [0.15, 0.2) is 18.2 Å². The number of amides is 5. The number of carboxylic acid groups (broad SMARTS) is 1. The summed E-state index contributed by atoms with van der Waals surface area (Å²) >= 11 is 0. The van der Waals surface area contributed by atoms with Gasteiger partial charge in [0.2, 0.25) is 11.8 Å². The first kappa shape index (κ1) is 29.9. The molecule has 0 saturated carbocycles. The third-order valence-electron chi connectivity index (χ3n) is 6.50. The maximum absolute atomic E-state index is 13.3. The minimum absolute atomic E-state index is 0.0863. The fourth-order valence-electron chi connectivity index (χ4n) is 4.51. The van der Waals surface area contributed by atoms with Crippen LogP contribution < -0.4 is 10.7 Å². The highest BCUT2D eigenvalue weighted by Crippen LogP contribution is 2.24. The van der Waals surface area contributed by atoms with Crippen molar-refractivity contribution in [1.82, 2.24) is 25.8 Å². The second kappa shape index (κ2) is 12.9. The van der Waals surface area contributed by atoms with Crippen molar-refractivity contribution in [3.05, 3.63) is 34.9 Å². The van der Waals surface area contributed by atoms with Crippen LogP contribution in [0.25, 0.3) is 0 Å². The van der Waals surface area contributed by atoms with Crippen molar-refractivity contribution in [3.63, 3.8) is 0 Å². The standard InChI is InChI=1S/C25H31N5O10/c1-14-6-4-7-15(2)21(14)23(36)40-13-18(31)16(12-20(33)34)26-22(35)17-8-5-10-29-19(32)9-11-28(25(38)30(17)29)27-24(37)39-3/h4,6-7,16-17H,5,8-13H2,1-3H3,(H,26,35)(H,27,37)(H,33,34)/t16-,17-/m0/s1. The minimum atomic E-state index is -1.59. The molecule has 0 radical (unpaired) electrons. The molecular weight excluding hydrogens is 530 g/mol. The van der Waals surface area contributed by atoms with Crippen molar-refractivity contribution in [3.8, 4) is 0 Å². The fraction of sp³-hybridized carbons (Fsp3) is 0.480. The monoisotopic (exact) mass is 561 g/mol. The Morgan fingerprint density at radius 2 is 1.77 bits per heavy atom. The number of ketones is 1. The lowest BCUT2D eigenvalue weighted by Gasteiger charge is -2.42. The number of rotatable bonds is 9. The number of Topliss-reactive ketones (excluding diaryl/α,β-unsaturated/α-hetero) is 1. The molecule has 3 N–H and O–H groups in total. The van der Waals surface area contributed by atoms with Crippen LogP contribution >= 0.6 is 0 Å². The topological polar surface area (TPSA) is 192 Å². The molecule has 15 heteroatoms. The molecule has 0 spiro atoms. The quantitative estimate of drug-likeness (QED) is 0.353. The Morgan fingerprint density at radius 1 is 1.10 bits per heavy atom. The highest BCUT2D eigenvalue weighted by Gasteiger charge is 2.44. The molecule has 0 unspecified atom stereocenters. The van der Waals surface area contributed by atoms with E-state index in [9.17, 15) is 38.7 Å². The van der Waals surface area contributed by atoms with Crippen LogP contribution in [0.5, 0.6) is 0 Å². The second-order valence-corrected chi connectivity index (χ2v) is 9.28. The Hall–Kier alpha value is -4.69. The number of aryl methyl sites for hydroxylation is 2. The van der Waals surface area contributed by atoms with Crippen molar-refractivity contribution in [2.24, 2.45) is 0 Å². The lowest BCUT2D eigenvalue weighted by Crippen LogP contribution is -2.65. The molecule has 0 aromatic heterocycles. The van der Waals surface area contributed by atoms with E-state index in [1.54, 1.807) is 32.0 Å². The zero-order valence-electron chi connectivity index (χ0n) is 22.3. The number of aliphatic carboxylic acids is 1. The van der Waals surface area contributed by atoms with Gasteiger partial charge in [0, 0.05) is 13.0 Å². The van der Waals surface area contributed by atoms with Gasteiger partial charge < -0.3 is 19.9 Å². The average molecular weight is 562 g/mol. The Balaban J connectivity index is 1.76. The lowest BCUT2D eigenvalue weighted by atomic mass is 10.0. The largest absolute Gasteiger partial charge is 0.481 e. The summed E-state index contributed by atoms with van der Waals surface area (Å²) < 4.78 is 9.63. The van der Waals surface area contributed by atoms with Crippen LogP contribution in [0.3, 0.4) is 0 Å². The number of carboxylic acids is 1. The number of ether oxygens (including phenoxy) is 2. The number of methoxy groups -OCH3 is 1. The van der Waals surface area contributed by atoms with Crippen LogP contribution in [-0.2, 0) is 28.7 Å². The van der Waals surface area contributed by atoms with Crippen LogP contribution in [-0.4, -0.2) is 101 Å². The van der Waals surface area contributed by atoms with Gasteiger partial charge in [-0.25, -0.2) is 34.8 Å². The summed E-state index contributed by atoms with van der Waals surface area (Å²) in [6.07, 6.45) is -1.50. The number of esters is 1. The normalized spacial score (nSPS) is 17.8. The number of carbonyl (C=O) groups is 7. The molecule has 15 nitrogen and oxygen atoms in total. The van der Waals surface area contributed by atoms with E-state index in [4.69, 9.17) is 4.74 Å². The molecule has 2 aliphatic heterocycles. The Bertz CT molecular complexity index is 1200. The summed E-state index contributed by atoms with van der Waals surface area (Å²) in [4.78, 5) is 87.9. The smallest absolute Gasteiger partial charge is 0.425 e. The van der Waals surface area contributed by atoms with Gasteiger partial charge in [-0.3, -0.25) is 19.2 Å². The SMILES string of the molecule is COC(=O)NN1CCC(=O)N2CCC[C@@H](C(=O)N[C@@H](CC(=O)O)C(=O)COC(=O)c3c(C)cccc3C)N2C1=O. The number of hydrogen-bond donors (Lipinski definition) is 3. The molecule has 1 aromatic rings. The molecule has 2 aliphatic rings. The number of fused-ring (bicyclic) bond motifs is 1.